The molecule has 0 radical (unpaired) electrons. The topological polar surface area (TPSA) is 43.1 Å². The third kappa shape index (κ3) is 1.66. The van der Waals surface area contributed by atoms with Crippen molar-refractivity contribution in [2.75, 3.05) is 0 Å². The van der Waals surface area contributed by atoms with Crippen molar-refractivity contribution in [1.29, 1.82) is 0 Å². The fourth-order valence-corrected chi connectivity index (χ4v) is 2.70. The molecule has 2 heterocycles. The van der Waals surface area contributed by atoms with Gasteiger partial charge < -0.3 is 4.42 Å². The highest BCUT2D eigenvalue weighted by Gasteiger charge is 2.16. The molecule has 2 aromatic heterocycles. The van der Waals surface area contributed by atoms with Crippen LogP contribution in [0.4, 0.5) is 0 Å². The second kappa shape index (κ2) is 4.38. The van der Waals surface area contributed by atoms with E-state index in [-0.39, 0.29) is 0 Å². The summed E-state index contributed by atoms with van der Waals surface area (Å²) < 4.78 is 5.86. The van der Waals surface area contributed by atoms with Gasteiger partial charge in [0.25, 0.3) is 0 Å². The number of benzene rings is 1. The average Bonchev–Trinajstić information content (AvgIpc) is 3.02. The lowest BCUT2D eigenvalue weighted by Crippen LogP contribution is -1.84. The number of furan rings is 1. The molecule has 0 fully saturated rings. The Labute approximate surface area is 108 Å². The SMILES string of the molecule is CCc1c(-c2csc(C=O)n2)oc2ccccc12. The normalized spacial score (nSPS) is 10.9. The minimum atomic E-state index is 0.479. The van der Waals surface area contributed by atoms with Crippen molar-refractivity contribution < 1.29 is 9.21 Å². The van der Waals surface area contributed by atoms with E-state index < -0.39 is 0 Å². The Morgan fingerprint density at radius 1 is 1.39 bits per heavy atom. The first-order chi connectivity index (χ1) is 8.83. The summed E-state index contributed by atoms with van der Waals surface area (Å²) in [6.07, 6.45) is 1.64. The lowest BCUT2D eigenvalue weighted by Gasteiger charge is -1.95. The van der Waals surface area contributed by atoms with Crippen molar-refractivity contribution in [3.63, 3.8) is 0 Å². The smallest absolute Gasteiger partial charge is 0.178 e. The number of para-hydroxylation sites is 1. The van der Waals surface area contributed by atoms with Gasteiger partial charge in [0.05, 0.1) is 0 Å². The van der Waals surface area contributed by atoms with Gasteiger partial charge in [-0.15, -0.1) is 11.3 Å². The molecule has 0 aliphatic heterocycles. The van der Waals surface area contributed by atoms with Gasteiger partial charge >= 0.3 is 0 Å². The molecule has 0 bridgehead atoms. The summed E-state index contributed by atoms with van der Waals surface area (Å²) in [5.74, 6) is 0.781. The van der Waals surface area contributed by atoms with E-state index in [0.717, 1.165) is 40.7 Å². The molecule has 3 rings (SSSR count). The van der Waals surface area contributed by atoms with Crippen molar-refractivity contribution in [2.24, 2.45) is 0 Å². The van der Waals surface area contributed by atoms with Crippen LogP contribution in [0.15, 0.2) is 34.1 Å². The molecule has 0 saturated carbocycles. The lowest BCUT2D eigenvalue weighted by atomic mass is 10.1. The number of fused-ring (bicyclic) bond motifs is 1. The number of thiazole rings is 1. The van der Waals surface area contributed by atoms with E-state index in [4.69, 9.17) is 4.42 Å². The Bertz CT molecular complexity index is 711. The van der Waals surface area contributed by atoms with Gasteiger partial charge in [0.1, 0.15) is 11.3 Å². The summed E-state index contributed by atoms with van der Waals surface area (Å²) in [7, 11) is 0. The molecule has 18 heavy (non-hydrogen) atoms. The zero-order chi connectivity index (χ0) is 12.5. The van der Waals surface area contributed by atoms with Crippen LogP contribution in [0.25, 0.3) is 22.4 Å². The van der Waals surface area contributed by atoms with Gasteiger partial charge in [0, 0.05) is 16.3 Å². The van der Waals surface area contributed by atoms with Gasteiger partial charge in [-0.25, -0.2) is 4.98 Å². The number of hydrogen-bond donors (Lipinski definition) is 0. The van der Waals surface area contributed by atoms with Crippen LogP contribution in [0.2, 0.25) is 0 Å². The Kier molecular flexibility index (Phi) is 2.72. The second-order valence-corrected chi connectivity index (χ2v) is 4.84. The summed E-state index contributed by atoms with van der Waals surface area (Å²) in [6.45, 7) is 2.09. The van der Waals surface area contributed by atoms with Crippen LogP contribution < -0.4 is 0 Å². The van der Waals surface area contributed by atoms with E-state index in [0.29, 0.717) is 5.01 Å². The fraction of sp³-hybridized carbons (Fsp3) is 0.143. The maximum absolute atomic E-state index is 10.7. The van der Waals surface area contributed by atoms with E-state index in [2.05, 4.69) is 11.9 Å². The van der Waals surface area contributed by atoms with Crippen LogP contribution in [-0.4, -0.2) is 11.3 Å². The Hall–Kier alpha value is -1.94. The van der Waals surface area contributed by atoms with Crippen LogP contribution in [0.3, 0.4) is 0 Å². The molecule has 0 amide bonds. The molecule has 3 aromatic rings. The molecule has 0 saturated heterocycles. The minimum Gasteiger partial charge on any atom is -0.454 e. The molecule has 0 N–H and O–H groups in total. The minimum absolute atomic E-state index is 0.479. The molecule has 1 aromatic carbocycles. The Balaban J connectivity index is 2.24. The van der Waals surface area contributed by atoms with Gasteiger partial charge in [-0.3, -0.25) is 4.79 Å². The van der Waals surface area contributed by atoms with E-state index in [1.165, 1.54) is 11.3 Å². The zero-order valence-corrected chi connectivity index (χ0v) is 10.7. The highest BCUT2D eigenvalue weighted by molar-refractivity contribution is 7.11. The largest absolute Gasteiger partial charge is 0.454 e. The van der Waals surface area contributed by atoms with Crippen molar-refractivity contribution >= 4 is 28.6 Å². The number of aryl methyl sites for hydroxylation is 1. The third-order valence-corrected chi connectivity index (χ3v) is 3.68. The summed E-state index contributed by atoms with van der Waals surface area (Å²) in [4.78, 5) is 15.0. The Morgan fingerprint density at radius 2 is 2.22 bits per heavy atom. The highest BCUT2D eigenvalue weighted by Crippen LogP contribution is 2.34. The first-order valence-electron chi connectivity index (χ1n) is 5.75. The first kappa shape index (κ1) is 11.2. The predicted molar refractivity (Wildman–Crippen MR) is 72.1 cm³/mol. The summed E-state index contributed by atoms with van der Waals surface area (Å²) in [5, 5.41) is 3.46. The van der Waals surface area contributed by atoms with Gasteiger partial charge in [-0.05, 0) is 12.5 Å². The molecule has 0 spiro atoms. The van der Waals surface area contributed by atoms with Crippen molar-refractivity contribution in [3.8, 4) is 11.5 Å². The van der Waals surface area contributed by atoms with Gasteiger partial charge in [0.15, 0.2) is 17.1 Å². The third-order valence-electron chi connectivity index (χ3n) is 2.91. The number of aldehydes is 1. The summed E-state index contributed by atoms with van der Waals surface area (Å²) in [5.41, 5.74) is 2.76. The average molecular weight is 257 g/mol. The molecule has 3 nitrogen and oxygen atoms in total. The van der Waals surface area contributed by atoms with Crippen molar-refractivity contribution in [2.45, 2.75) is 13.3 Å². The van der Waals surface area contributed by atoms with Crippen molar-refractivity contribution in [3.05, 3.63) is 40.2 Å². The van der Waals surface area contributed by atoms with Crippen LogP contribution in [0, 0.1) is 0 Å². The number of aromatic nitrogens is 1. The molecular formula is C14H11NO2S. The number of nitrogens with zero attached hydrogens (tertiary/aromatic N) is 1. The van der Waals surface area contributed by atoms with Gasteiger partial charge in [-0.1, -0.05) is 25.1 Å². The van der Waals surface area contributed by atoms with Crippen LogP contribution >= 0.6 is 11.3 Å². The van der Waals surface area contributed by atoms with Crippen LogP contribution in [0.5, 0.6) is 0 Å². The van der Waals surface area contributed by atoms with E-state index in [1.54, 1.807) is 0 Å². The quantitative estimate of drug-likeness (QED) is 0.668. The number of hydrogen-bond acceptors (Lipinski definition) is 4. The maximum atomic E-state index is 10.7. The standard InChI is InChI=1S/C14H11NO2S/c1-2-9-10-5-3-4-6-12(10)17-14(9)11-8-18-13(7-16)15-11/h3-8H,2H2,1H3. The summed E-state index contributed by atoms with van der Waals surface area (Å²) in [6, 6.07) is 7.95. The Morgan fingerprint density at radius 3 is 2.94 bits per heavy atom. The molecular weight excluding hydrogens is 246 g/mol. The van der Waals surface area contributed by atoms with Crippen LogP contribution in [0.1, 0.15) is 22.3 Å². The lowest BCUT2D eigenvalue weighted by molar-refractivity contribution is 0.112. The molecule has 4 heteroatoms. The zero-order valence-electron chi connectivity index (χ0n) is 9.84. The van der Waals surface area contributed by atoms with Gasteiger partial charge in [-0.2, -0.15) is 0 Å². The molecule has 0 aliphatic carbocycles. The van der Waals surface area contributed by atoms with Crippen molar-refractivity contribution in [1.82, 2.24) is 4.98 Å². The van der Waals surface area contributed by atoms with Gasteiger partial charge in [0.2, 0.25) is 0 Å². The van der Waals surface area contributed by atoms with E-state index in [9.17, 15) is 4.79 Å². The van der Waals surface area contributed by atoms with E-state index in [1.807, 2.05) is 29.6 Å². The second-order valence-electron chi connectivity index (χ2n) is 3.95. The predicted octanol–water partition coefficient (Wildman–Crippen LogP) is 3.93. The molecule has 90 valence electrons. The maximum Gasteiger partial charge on any atom is 0.178 e. The molecule has 0 atom stereocenters. The van der Waals surface area contributed by atoms with Crippen LogP contribution in [-0.2, 0) is 6.42 Å². The first-order valence-corrected chi connectivity index (χ1v) is 6.63. The molecule has 0 aliphatic rings. The number of rotatable bonds is 3. The monoisotopic (exact) mass is 257 g/mol. The summed E-state index contributed by atoms with van der Waals surface area (Å²) >= 11 is 1.33. The number of carbonyl (C=O) groups is 1. The number of carbonyl (C=O) groups excluding carboxylic acids is 1. The van der Waals surface area contributed by atoms with E-state index >= 15 is 0 Å². The highest BCUT2D eigenvalue weighted by atomic mass is 32.1. The fourth-order valence-electron chi connectivity index (χ4n) is 2.10. The molecule has 0 unspecified atom stereocenters.